The van der Waals surface area contributed by atoms with Gasteiger partial charge >= 0.3 is 12.2 Å². The summed E-state index contributed by atoms with van der Waals surface area (Å²) in [7, 11) is 0.634. The molecule has 4 atom stereocenters. The standard InChI is InChI=1S/C41H46N16O6Si/c1-62-40(60)49-31(18-56-45-21-43-52-56)38(58)54-15-5-6-33(54)37-47-29-14-12-27-16-26(11-13-28(27)35(29)51-37)24-7-9-25(10-8-24)30-17-42-36(48-30)34-20-64(3,4)23-55(34)39(59)32(50-41(61)63-2)19-57-46-22-44-53-57/h7-14,16-17,21-22,31-34H,5-6,15,18-20,23H2,1-4H3,(H,42,48)(H,47,51)(H,49,60)(H,50,61)/t31-,32-,33-,34-/m0/s1. The topological polar surface area (TPSA) is 262 Å². The second kappa shape index (κ2) is 17.3. The lowest BCUT2D eigenvalue weighted by Crippen LogP contribution is -2.51. The summed E-state index contributed by atoms with van der Waals surface area (Å²) in [6.07, 6.45) is 4.93. The molecule has 23 heteroatoms. The van der Waals surface area contributed by atoms with Crippen molar-refractivity contribution in [1.82, 2.24) is 80.8 Å². The first kappa shape index (κ1) is 41.8. The summed E-state index contributed by atoms with van der Waals surface area (Å²) >= 11 is 0. The van der Waals surface area contributed by atoms with Gasteiger partial charge in [-0.25, -0.2) is 19.6 Å². The van der Waals surface area contributed by atoms with Crippen molar-refractivity contribution in [2.24, 2.45) is 0 Å². The first-order chi connectivity index (χ1) is 31.0. The molecule has 4 N–H and O–H groups in total. The Bertz CT molecular complexity index is 2810. The predicted octanol–water partition coefficient (Wildman–Crippen LogP) is 3.39. The van der Waals surface area contributed by atoms with E-state index in [0.717, 1.165) is 56.7 Å². The van der Waals surface area contributed by atoms with Crippen LogP contribution in [0.5, 0.6) is 0 Å². The Balaban J connectivity index is 0.914. The van der Waals surface area contributed by atoms with Crippen LogP contribution in [0.2, 0.25) is 19.1 Å². The second-order valence-electron chi connectivity index (χ2n) is 16.7. The zero-order valence-corrected chi connectivity index (χ0v) is 36.5. The number of H-pyrrole nitrogens is 2. The third kappa shape index (κ3) is 8.47. The molecular weight excluding hydrogens is 841 g/mol. The maximum absolute atomic E-state index is 14.1. The molecule has 0 spiro atoms. The molecular formula is C41H46N16O6Si. The number of hydrogen-bond donors (Lipinski definition) is 4. The zero-order valence-electron chi connectivity index (χ0n) is 35.5. The number of aromatic amines is 2. The van der Waals surface area contributed by atoms with Gasteiger partial charge in [0.25, 0.3) is 0 Å². The molecule has 3 aromatic carbocycles. The van der Waals surface area contributed by atoms with Gasteiger partial charge < -0.3 is 39.9 Å². The maximum Gasteiger partial charge on any atom is 0.407 e. The first-order valence-electron chi connectivity index (χ1n) is 20.8. The number of nitrogens with one attached hydrogen (secondary N) is 4. The van der Waals surface area contributed by atoms with Gasteiger partial charge in [-0.3, -0.25) is 9.59 Å². The van der Waals surface area contributed by atoms with Gasteiger partial charge in [-0.15, -0.1) is 20.4 Å². The van der Waals surface area contributed by atoms with Crippen molar-refractivity contribution in [3.8, 4) is 22.4 Å². The summed E-state index contributed by atoms with van der Waals surface area (Å²) in [5, 5.41) is 30.5. The third-order valence-electron chi connectivity index (χ3n) is 11.8. The Morgan fingerprint density at radius 3 is 2.06 bits per heavy atom. The molecule has 6 heterocycles. The van der Waals surface area contributed by atoms with E-state index in [0.29, 0.717) is 30.8 Å². The zero-order chi connectivity index (χ0) is 44.5. The highest BCUT2D eigenvalue weighted by molar-refractivity contribution is 6.78. The molecule has 9 rings (SSSR count). The van der Waals surface area contributed by atoms with E-state index in [1.54, 1.807) is 16.0 Å². The number of likely N-dealkylation sites (tertiary alicyclic amines) is 1. The Morgan fingerprint density at radius 1 is 0.781 bits per heavy atom. The number of aromatic nitrogens is 12. The molecule has 2 aliphatic heterocycles. The largest absolute Gasteiger partial charge is 0.453 e. The number of hydrogen-bond acceptors (Lipinski definition) is 14. The van der Waals surface area contributed by atoms with Gasteiger partial charge in [0.1, 0.15) is 23.7 Å². The van der Waals surface area contributed by atoms with E-state index in [9.17, 15) is 19.2 Å². The van der Waals surface area contributed by atoms with Crippen LogP contribution >= 0.6 is 0 Å². The number of ether oxygens (including phenoxy) is 2. The van der Waals surface area contributed by atoms with Crippen LogP contribution in [0.4, 0.5) is 9.59 Å². The number of imidazole rings is 2. The van der Waals surface area contributed by atoms with Gasteiger partial charge in [-0.05, 0) is 63.5 Å². The summed E-state index contributed by atoms with van der Waals surface area (Å²) in [6, 6.07) is 16.8. The fourth-order valence-corrected chi connectivity index (χ4v) is 11.7. The van der Waals surface area contributed by atoms with E-state index >= 15 is 0 Å². The molecule has 64 heavy (non-hydrogen) atoms. The Kier molecular flexibility index (Phi) is 11.3. The number of fused-ring (bicyclic) bond motifs is 3. The van der Waals surface area contributed by atoms with Crippen LogP contribution in [0.1, 0.15) is 36.6 Å². The number of carbonyl (C=O) groups excluding carboxylic acids is 4. The fraction of sp³-hybridized carbons (Fsp3) is 0.366. The average Bonchev–Trinajstić information content (AvgIpc) is 4.17. The number of carbonyl (C=O) groups is 4. The molecule has 4 aromatic heterocycles. The monoisotopic (exact) mass is 886 g/mol. The molecule has 0 saturated carbocycles. The minimum Gasteiger partial charge on any atom is -0.453 e. The summed E-state index contributed by atoms with van der Waals surface area (Å²) in [5.41, 5.74) is 5.47. The molecule has 2 aliphatic rings. The van der Waals surface area contributed by atoms with Crippen LogP contribution < -0.4 is 10.6 Å². The van der Waals surface area contributed by atoms with Crippen LogP contribution in [0, 0.1) is 0 Å². The molecule has 2 fully saturated rings. The van der Waals surface area contributed by atoms with Crippen molar-refractivity contribution in [2.45, 2.75) is 69.2 Å². The average molecular weight is 887 g/mol. The normalized spacial score (nSPS) is 18.0. The lowest BCUT2D eigenvalue weighted by Gasteiger charge is -2.28. The number of tetrazole rings is 2. The van der Waals surface area contributed by atoms with Gasteiger partial charge in [0, 0.05) is 18.1 Å². The van der Waals surface area contributed by atoms with Crippen molar-refractivity contribution >= 4 is 53.9 Å². The van der Waals surface area contributed by atoms with Crippen molar-refractivity contribution in [3.63, 3.8) is 0 Å². The lowest BCUT2D eigenvalue weighted by molar-refractivity contribution is -0.135. The van der Waals surface area contributed by atoms with E-state index in [-0.39, 0.29) is 37.0 Å². The minimum atomic E-state index is -1.86. The highest BCUT2D eigenvalue weighted by atomic mass is 28.3. The lowest BCUT2D eigenvalue weighted by atomic mass is 9.99. The van der Waals surface area contributed by atoms with E-state index in [2.05, 4.69) is 94.8 Å². The van der Waals surface area contributed by atoms with Gasteiger partial charge in [-0.1, -0.05) is 55.6 Å². The molecule has 0 unspecified atom stereocenters. The first-order valence-corrected chi connectivity index (χ1v) is 24.2. The van der Waals surface area contributed by atoms with E-state index in [1.807, 2.05) is 24.3 Å². The second-order valence-corrected chi connectivity index (χ2v) is 21.7. The Labute approximate surface area is 366 Å². The molecule has 7 aromatic rings. The molecule has 22 nitrogen and oxygen atoms in total. The highest BCUT2D eigenvalue weighted by Crippen LogP contribution is 2.39. The summed E-state index contributed by atoms with van der Waals surface area (Å²) in [4.78, 5) is 75.2. The van der Waals surface area contributed by atoms with Gasteiger partial charge in [-0.2, -0.15) is 9.59 Å². The number of amides is 4. The predicted molar refractivity (Wildman–Crippen MR) is 231 cm³/mol. The van der Waals surface area contributed by atoms with Crippen LogP contribution in [-0.4, -0.2) is 141 Å². The van der Waals surface area contributed by atoms with Crippen molar-refractivity contribution in [2.75, 3.05) is 26.9 Å². The number of benzene rings is 3. The molecule has 330 valence electrons. The number of nitrogens with zero attached hydrogens (tertiary/aromatic N) is 12. The molecule has 0 radical (unpaired) electrons. The summed E-state index contributed by atoms with van der Waals surface area (Å²) in [5.74, 6) is 0.778. The molecule has 4 amide bonds. The van der Waals surface area contributed by atoms with Crippen LogP contribution in [0.3, 0.4) is 0 Å². The Hall–Kier alpha value is -7.56. The highest BCUT2D eigenvalue weighted by Gasteiger charge is 2.45. The van der Waals surface area contributed by atoms with Gasteiger partial charge in [0.15, 0.2) is 12.7 Å². The number of rotatable bonds is 12. The molecule has 0 aliphatic carbocycles. The van der Waals surface area contributed by atoms with Crippen LogP contribution in [-0.2, 0) is 32.2 Å². The number of methoxy groups -OCH3 is 2. The van der Waals surface area contributed by atoms with Crippen molar-refractivity contribution in [3.05, 3.63) is 85.1 Å². The maximum atomic E-state index is 14.1. The SMILES string of the molecule is COC(=O)N[C@@H](Cn1ncnn1)C(=O)N1C[Si](C)(C)C[C@H]1c1ncc(-c2ccc(-c3ccc4c(ccc5nc([C@@H]6CCCN6C(=O)[C@H](Cn6ncnn6)NC(=O)OC)[nH]c54)c3)cc2)[nH]1. The third-order valence-corrected chi connectivity index (χ3v) is 14.5. The van der Waals surface area contributed by atoms with Crippen molar-refractivity contribution < 1.29 is 28.7 Å². The molecule has 2 saturated heterocycles. The molecule has 0 bridgehead atoms. The van der Waals surface area contributed by atoms with Gasteiger partial charge in [0.05, 0.1) is 70.4 Å². The van der Waals surface area contributed by atoms with E-state index < -0.39 is 32.3 Å². The van der Waals surface area contributed by atoms with Gasteiger partial charge in [0.2, 0.25) is 11.8 Å². The van der Waals surface area contributed by atoms with E-state index in [4.69, 9.17) is 19.4 Å². The fourth-order valence-electron chi connectivity index (χ4n) is 8.77. The van der Waals surface area contributed by atoms with Crippen LogP contribution in [0.25, 0.3) is 44.2 Å². The Morgan fingerprint density at radius 2 is 1.42 bits per heavy atom. The van der Waals surface area contributed by atoms with Crippen molar-refractivity contribution in [1.29, 1.82) is 0 Å². The van der Waals surface area contributed by atoms with E-state index in [1.165, 1.54) is 36.5 Å². The summed E-state index contributed by atoms with van der Waals surface area (Å²) in [6.45, 7) is 4.96. The minimum absolute atomic E-state index is 0.00460. The number of alkyl carbamates (subject to hydrolysis) is 2. The summed E-state index contributed by atoms with van der Waals surface area (Å²) < 4.78 is 9.60. The quantitative estimate of drug-likeness (QED) is 0.128. The van der Waals surface area contributed by atoms with Crippen LogP contribution in [0.15, 0.2) is 73.4 Å². The smallest absolute Gasteiger partial charge is 0.407 e.